The van der Waals surface area contributed by atoms with E-state index < -0.39 is 0 Å². The van der Waals surface area contributed by atoms with Gasteiger partial charge in [-0.05, 0) is 52.0 Å². The largest absolute Gasteiger partial charge is 0.491 e. The predicted octanol–water partition coefficient (Wildman–Crippen LogP) is 3.13. The number of benzene rings is 1. The zero-order chi connectivity index (χ0) is 15.4. The maximum atomic E-state index is 12.2. The van der Waals surface area contributed by atoms with E-state index in [-0.39, 0.29) is 12.0 Å². The summed E-state index contributed by atoms with van der Waals surface area (Å²) in [5.41, 5.74) is 2.14. The van der Waals surface area contributed by atoms with Crippen LogP contribution in [0.2, 0.25) is 0 Å². The highest BCUT2D eigenvalue weighted by Crippen LogP contribution is 2.16. The number of carbonyl (C=O) groups is 1. The van der Waals surface area contributed by atoms with Crippen molar-refractivity contribution in [3.05, 3.63) is 47.3 Å². The van der Waals surface area contributed by atoms with Crippen LogP contribution in [0.1, 0.15) is 35.6 Å². The molecule has 21 heavy (non-hydrogen) atoms. The molecule has 2 aromatic rings. The normalized spacial score (nSPS) is 10.5. The number of nitrogens with one attached hydrogen (secondary N) is 1. The van der Waals surface area contributed by atoms with E-state index in [1.54, 1.807) is 18.2 Å². The van der Waals surface area contributed by atoms with Crippen molar-refractivity contribution in [2.45, 2.75) is 33.8 Å². The summed E-state index contributed by atoms with van der Waals surface area (Å²) in [7, 11) is 0. The predicted molar refractivity (Wildman–Crippen MR) is 81.7 cm³/mol. The summed E-state index contributed by atoms with van der Waals surface area (Å²) in [6.07, 6.45) is 0.0612. The smallest absolute Gasteiger partial charge is 0.258 e. The van der Waals surface area contributed by atoms with Gasteiger partial charge in [-0.1, -0.05) is 6.07 Å². The second-order valence-corrected chi connectivity index (χ2v) is 5.12. The molecule has 1 aromatic heterocycles. The van der Waals surface area contributed by atoms with Crippen LogP contribution < -0.4 is 10.1 Å². The number of amides is 1. The fourth-order valence-corrected chi connectivity index (χ4v) is 1.94. The average Bonchev–Trinajstić information content (AvgIpc) is 2.36. The summed E-state index contributed by atoms with van der Waals surface area (Å²) in [5, 5.41) is 2.70. The lowest BCUT2D eigenvalue weighted by Crippen LogP contribution is -2.15. The van der Waals surface area contributed by atoms with Crippen LogP contribution in [0, 0.1) is 13.8 Å². The van der Waals surface area contributed by atoms with Crippen molar-refractivity contribution in [3.63, 3.8) is 0 Å². The molecule has 1 aromatic carbocycles. The third kappa shape index (κ3) is 4.27. The summed E-state index contributed by atoms with van der Waals surface area (Å²) < 4.78 is 5.58. The maximum Gasteiger partial charge on any atom is 0.258 e. The molecular formula is C16H19N3O2. The molecule has 0 saturated carbocycles. The molecule has 0 unspecified atom stereocenters. The molecule has 0 aliphatic carbocycles. The minimum absolute atomic E-state index is 0.0612. The van der Waals surface area contributed by atoms with Gasteiger partial charge in [0.05, 0.1) is 6.10 Å². The van der Waals surface area contributed by atoms with Gasteiger partial charge in [0, 0.05) is 17.0 Å². The number of carbonyl (C=O) groups excluding carboxylic acids is 1. The Morgan fingerprint density at radius 1 is 1.14 bits per heavy atom. The van der Waals surface area contributed by atoms with Gasteiger partial charge in [-0.15, -0.1) is 0 Å². The first kappa shape index (κ1) is 15.0. The minimum atomic E-state index is -0.255. The van der Waals surface area contributed by atoms with Crippen molar-refractivity contribution in [1.29, 1.82) is 0 Å². The van der Waals surface area contributed by atoms with E-state index in [9.17, 15) is 4.79 Å². The van der Waals surface area contributed by atoms with Crippen LogP contribution in [0.5, 0.6) is 5.75 Å². The van der Waals surface area contributed by atoms with Crippen molar-refractivity contribution in [2.75, 3.05) is 5.32 Å². The Morgan fingerprint density at radius 3 is 2.43 bits per heavy atom. The zero-order valence-corrected chi connectivity index (χ0v) is 12.7. The van der Waals surface area contributed by atoms with Gasteiger partial charge in [0.25, 0.3) is 5.91 Å². The first-order chi connectivity index (χ1) is 9.94. The second kappa shape index (κ2) is 6.35. The Hall–Kier alpha value is -2.43. The maximum absolute atomic E-state index is 12.2. The van der Waals surface area contributed by atoms with Crippen LogP contribution in [0.15, 0.2) is 30.3 Å². The summed E-state index contributed by atoms with van der Waals surface area (Å²) in [5.74, 6) is 0.723. The number of rotatable bonds is 4. The minimum Gasteiger partial charge on any atom is -0.491 e. The van der Waals surface area contributed by atoms with Crippen molar-refractivity contribution >= 4 is 11.9 Å². The molecule has 1 heterocycles. The SMILES string of the molecule is Cc1cc(C)nc(NC(=O)c2cccc(OC(C)C)c2)n1. The Balaban J connectivity index is 2.16. The number of nitrogens with zero attached hydrogens (tertiary/aromatic N) is 2. The third-order valence-corrected chi connectivity index (χ3v) is 2.68. The van der Waals surface area contributed by atoms with Crippen LogP contribution in [0.3, 0.4) is 0 Å². The number of anilines is 1. The highest BCUT2D eigenvalue weighted by molar-refractivity contribution is 6.03. The molecule has 110 valence electrons. The van der Waals surface area contributed by atoms with E-state index in [1.165, 1.54) is 0 Å². The van der Waals surface area contributed by atoms with E-state index >= 15 is 0 Å². The molecule has 0 saturated heterocycles. The fraction of sp³-hybridized carbons (Fsp3) is 0.312. The van der Waals surface area contributed by atoms with E-state index in [1.807, 2.05) is 39.8 Å². The van der Waals surface area contributed by atoms with Gasteiger partial charge in [-0.3, -0.25) is 10.1 Å². The molecule has 0 aliphatic rings. The number of hydrogen-bond acceptors (Lipinski definition) is 4. The molecule has 0 spiro atoms. The second-order valence-electron chi connectivity index (χ2n) is 5.12. The highest BCUT2D eigenvalue weighted by Gasteiger charge is 2.10. The van der Waals surface area contributed by atoms with Crippen LogP contribution in [0.4, 0.5) is 5.95 Å². The van der Waals surface area contributed by atoms with Gasteiger partial charge in [-0.25, -0.2) is 9.97 Å². The fourth-order valence-electron chi connectivity index (χ4n) is 1.94. The molecule has 5 heteroatoms. The Bertz CT molecular complexity index is 633. The van der Waals surface area contributed by atoms with E-state index in [4.69, 9.17) is 4.74 Å². The number of hydrogen-bond donors (Lipinski definition) is 1. The quantitative estimate of drug-likeness (QED) is 0.937. The Labute approximate surface area is 124 Å². The first-order valence-electron chi connectivity index (χ1n) is 6.84. The molecule has 0 radical (unpaired) electrons. The van der Waals surface area contributed by atoms with Gasteiger partial charge in [0.15, 0.2) is 0 Å². The van der Waals surface area contributed by atoms with Crippen molar-refractivity contribution in [3.8, 4) is 5.75 Å². The molecule has 5 nitrogen and oxygen atoms in total. The molecule has 1 N–H and O–H groups in total. The molecule has 0 atom stereocenters. The number of aryl methyl sites for hydroxylation is 2. The van der Waals surface area contributed by atoms with Gasteiger partial charge >= 0.3 is 0 Å². The summed E-state index contributed by atoms with van der Waals surface area (Å²) in [4.78, 5) is 20.6. The molecule has 0 aliphatic heterocycles. The summed E-state index contributed by atoms with van der Waals surface area (Å²) in [6, 6.07) is 8.90. The van der Waals surface area contributed by atoms with Crippen molar-refractivity contribution in [2.24, 2.45) is 0 Å². The van der Waals surface area contributed by atoms with E-state index in [2.05, 4.69) is 15.3 Å². The number of aromatic nitrogens is 2. The summed E-state index contributed by atoms with van der Waals surface area (Å²) in [6.45, 7) is 7.61. The van der Waals surface area contributed by atoms with Gasteiger partial charge in [0.1, 0.15) is 5.75 Å². The van der Waals surface area contributed by atoms with Gasteiger partial charge in [0.2, 0.25) is 5.95 Å². The third-order valence-electron chi connectivity index (χ3n) is 2.68. The van der Waals surface area contributed by atoms with E-state index in [0.717, 1.165) is 11.4 Å². The lowest BCUT2D eigenvalue weighted by molar-refractivity contribution is 0.102. The molecular weight excluding hydrogens is 266 g/mol. The van der Waals surface area contributed by atoms with Crippen LogP contribution in [-0.2, 0) is 0 Å². The van der Waals surface area contributed by atoms with Crippen LogP contribution in [-0.4, -0.2) is 22.0 Å². The molecule has 0 bridgehead atoms. The monoisotopic (exact) mass is 285 g/mol. The first-order valence-corrected chi connectivity index (χ1v) is 6.84. The van der Waals surface area contributed by atoms with Crippen LogP contribution >= 0.6 is 0 Å². The van der Waals surface area contributed by atoms with Crippen LogP contribution in [0.25, 0.3) is 0 Å². The lowest BCUT2D eigenvalue weighted by Gasteiger charge is -2.11. The standard InChI is InChI=1S/C16H19N3O2/c1-10(2)21-14-7-5-6-13(9-14)15(20)19-16-17-11(3)8-12(4)18-16/h5-10H,1-4H3,(H,17,18,19,20). The molecule has 0 fully saturated rings. The van der Waals surface area contributed by atoms with Gasteiger partial charge < -0.3 is 4.74 Å². The van der Waals surface area contributed by atoms with Gasteiger partial charge in [-0.2, -0.15) is 0 Å². The zero-order valence-electron chi connectivity index (χ0n) is 12.7. The molecule has 2 rings (SSSR count). The topological polar surface area (TPSA) is 64.1 Å². The van der Waals surface area contributed by atoms with Crippen molar-refractivity contribution < 1.29 is 9.53 Å². The highest BCUT2D eigenvalue weighted by atomic mass is 16.5. The Kier molecular flexibility index (Phi) is 4.52. The average molecular weight is 285 g/mol. The Morgan fingerprint density at radius 2 is 1.81 bits per heavy atom. The van der Waals surface area contributed by atoms with E-state index in [0.29, 0.717) is 17.3 Å². The van der Waals surface area contributed by atoms with Crippen molar-refractivity contribution in [1.82, 2.24) is 9.97 Å². The number of ether oxygens (including phenoxy) is 1. The lowest BCUT2D eigenvalue weighted by atomic mass is 10.2. The summed E-state index contributed by atoms with van der Waals surface area (Å²) >= 11 is 0. The molecule has 1 amide bonds.